The molecule has 0 aliphatic carbocycles. The normalized spacial score (nSPS) is 15.5. The van der Waals surface area contributed by atoms with E-state index in [9.17, 15) is 4.79 Å². The lowest BCUT2D eigenvalue weighted by molar-refractivity contribution is -0.128. The van der Waals surface area contributed by atoms with Crippen LogP contribution in [0.4, 0.5) is 21.6 Å². The number of hydrogen-bond donors (Lipinski definition) is 1. The van der Waals surface area contributed by atoms with Crippen LogP contribution in [0.15, 0.2) is 73.8 Å². The standard InChI is InChI=1S/C32H32FN7O/c1-5-29(41)40-13-12-39(17-21(40)3)28-11-9-25-30(31(28)33)32(35-18-34-25)37-24-8-7-23(20(2)14-24)15-22-6-10-27-26(16-22)36-19-38(27)4/h5-11,14,16,18-19,21H,1,12-13,15,17H2,2-4H3,(H,34,35,37)/t21-/m1/s1. The quantitative estimate of drug-likeness (QED) is 0.281. The fourth-order valence-electron chi connectivity index (χ4n) is 5.68. The molecule has 8 nitrogen and oxygen atoms in total. The molecule has 1 aliphatic heterocycles. The highest BCUT2D eigenvalue weighted by Crippen LogP contribution is 2.33. The highest BCUT2D eigenvalue weighted by molar-refractivity contribution is 5.94. The first kappa shape index (κ1) is 26.4. The molecule has 3 aromatic carbocycles. The number of carbonyl (C=O) groups is 1. The van der Waals surface area contributed by atoms with Crippen molar-refractivity contribution in [3.05, 3.63) is 96.3 Å². The number of carbonyl (C=O) groups excluding carboxylic acids is 1. The van der Waals surface area contributed by atoms with Gasteiger partial charge in [-0.15, -0.1) is 0 Å². The first-order valence-electron chi connectivity index (χ1n) is 13.7. The summed E-state index contributed by atoms with van der Waals surface area (Å²) >= 11 is 0. The van der Waals surface area contributed by atoms with Crippen molar-refractivity contribution in [1.82, 2.24) is 24.4 Å². The lowest BCUT2D eigenvalue weighted by Gasteiger charge is -2.40. The Kier molecular flexibility index (Phi) is 6.86. The Balaban J connectivity index is 1.25. The molecule has 1 amide bonds. The molecular formula is C32H32FN7O. The lowest BCUT2D eigenvalue weighted by Crippen LogP contribution is -2.53. The first-order chi connectivity index (χ1) is 19.8. The van der Waals surface area contributed by atoms with E-state index in [1.807, 2.05) is 41.9 Å². The summed E-state index contributed by atoms with van der Waals surface area (Å²) in [5, 5.41) is 3.67. The van der Waals surface area contributed by atoms with Crippen LogP contribution in [0, 0.1) is 12.7 Å². The summed E-state index contributed by atoms with van der Waals surface area (Å²) < 4.78 is 18.1. The van der Waals surface area contributed by atoms with E-state index in [1.165, 1.54) is 23.5 Å². The summed E-state index contributed by atoms with van der Waals surface area (Å²) in [5.74, 6) is -0.0678. The fourth-order valence-corrected chi connectivity index (χ4v) is 5.68. The maximum absolute atomic E-state index is 16.1. The van der Waals surface area contributed by atoms with Crippen LogP contribution in [0.3, 0.4) is 0 Å². The highest BCUT2D eigenvalue weighted by Gasteiger charge is 2.28. The van der Waals surface area contributed by atoms with Gasteiger partial charge in [0.1, 0.15) is 12.1 Å². The van der Waals surface area contributed by atoms with Crippen LogP contribution < -0.4 is 10.2 Å². The topological polar surface area (TPSA) is 79.2 Å². The zero-order chi connectivity index (χ0) is 28.7. The Hall–Kier alpha value is -4.79. The summed E-state index contributed by atoms with van der Waals surface area (Å²) in [6.45, 7) is 9.18. The van der Waals surface area contributed by atoms with Gasteiger partial charge in [-0.3, -0.25) is 4.79 Å². The largest absolute Gasteiger partial charge is 0.365 e. The number of piperazine rings is 1. The van der Waals surface area contributed by atoms with E-state index in [-0.39, 0.29) is 17.8 Å². The Morgan fingerprint density at radius 2 is 1.95 bits per heavy atom. The van der Waals surface area contributed by atoms with Gasteiger partial charge in [-0.2, -0.15) is 0 Å². The minimum absolute atomic E-state index is 0.0682. The molecule has 1 N–H and O–H groups in total. The molecule has 0 radical (unpaired) electrons. The summed E-state index contributed by atoms with van der Waals surface area (Å²) in [6.07, 6.45) is 5.39. The molecule has 0 unspecified atom stereocenters. The van der Waals surface area contributed by atoms with Crippen molar-refractivity contribution in [3.8, 4) is 0 Å². The number of nitrogens with one attached hydrogen (secondary N) is 1. The van der Waals surface area contributed by atoms with Crippen LogP contribution in [-0.4, -0.2) is 56.0 Å². The second-order valence-electron chi connectivity index (χ2n) is 10.7. The number of fused-ring (bicyclic) bond motifs is 2. The molecule has 1 saturated heterocycles. The van der Waals surface area contributed by atoms with Gasteiger partial charge in [0.05, 0.1) is 34.0 Å². The van der Waals surface area contributed by atoms with Crippen molar-refractivity contribution in [3.63, 3.8) is 0 Å². The molecule has 1 aliphatic rings. The van der Waals surface area contributed by atoms with Gasteiger partial charge in [-0.05, 0) is 79.4 Å². The zero-order valence-electron chi connectivity index (χ0n) is 23.4. The minimum atomic E-state index is -0.375. The van der Waals surface area contributed by atoms with Gasteiger partial charge in [0.15, 0.2) is 5.82 Å². The number of rotatable bonds is 6. The van der Waals surface area contributed by atoms with E-state index in [0.717, 1.165) is 28.7 Å². The van der Waals surface area contributed by atoms with Crippen molar-refractivity contribution in [2.45, 2.75) is 26.3 Å². The number of amides is 1. The van der Waals surface area contributed by atoms with Crippen LogP contribution in [0.25, 0.3) is 21.9 Å². The fraction of sp³-hybridized carbons (Fsp3) is 0.250. The van der Waals surface area contributed by atoms with E-state index >= 15 is 4.39 Å². The van der Waals surface area contributed by atoms with Crippen molar-refractivity contribution < 1.29 is 9.18 Å². The molecule has 41 heavy (non-hydrogen) atoms. The van der Waals surface area contributed by atoms with Crippen molar-refractivity contribution in [1.29, 1.82) is 0 Å². The second kappa shape index (κ2) is 10.6. The van der Waals surface area contributed by atoms with Crippen molar-refractivity contribution in [2.75, 3.05) is 29.9 Å². The number of aryl methyl sites for hydroxylation is 2. The van der Waals surface area contributed by atoms with Gasteiger partial charge in [0, 0.05) is 38.4 Å². The molecule has 1 atom stereocenters. The third-order valence-corrected chi connectivity index (χ3v) is 7.94. The van der Waals surface area contributed by atoms with Gasteiger partial charge in [-0.25, -0.2) is 19.3 Å². The molecule has 0 bridgehead atoms. The second-order valence-corrected chi connectivity index (χ2v) is 10.7. The molecule has 3 heterocycles. The van der Waals surface area contributed by atoms with E-state index in [2.05, 4.69) is 64.1 Å². The summed E-state index contributed by atoms with van der Waals surface area (Å²) in [6, 6.07) is 16.0. The zero-order valence-corrected chi connectivity index (χ0v) is 23.4. The average molecular weight is 550 g/mol. The number of benzene rings is 3. The first-order valence-corrected chi connectivity index (χ1v) is 13.7. The number of halogens is 1. The Bertz CT molecular complexity index is 1800. The average Bonchev–Trinajstić information content (AvgIpc) is 3.34. The molecular weight excluding hydrogens is 517 g/mol. The molecule has 1 fully saturated rings. The molecule has 5 aromatic rings. The number of imidazole rings is 1. The smallest absolute Gasteiger partial charge is 0.246 e. The van der Waals surface area contributed by atoms with Gasteiger partial charge in [0.2, 0.25) is 5.91 Å². The van der Waals surface area contributed by atoms with E-state index < -0.39 is 0 Å². The maximum Gasteiger partial charge on any atom is 0.246 e. The number of aromatic nitrogens is 4. The highest BCUT2D eigenvalue weighted by atomic mass is 19.1. The molecule has 0 spiro atoms. The van der Waals surface area contributed by atoms with Crippen LogP contribution in [0.1, 0.15) is 23.6 Å². The van der Waals surface area contributed by atoms with E-state index in [0.29, 0.717) is 42.0 Å². The van der Waals surface area contributed by atoms with E-state index in [1.54, 1.807) is 11.0 Å². The molecule has 208 valence electrons. The SMILES string of the molecule is C=CC(=O)N1CCN(c2ccc3ncnc(Nc4ccc(Cc5ccc6c(c5)ncn6C)c(C)c4)c3c2F)C[C@H]1C. The number of anilines is 3. The van der Waals surface area contributed by atoms with Crippen LogP contribution in [0.5, 0.6) is 0 Å². The predicted octanol–water partition coefficient (Wildman–Crippen LogP) is 5.52. The predicted molar refractivity (Wildman–Crippen MR) is 161 cm³/mol. The van der Waals surface area contributed by atoms with Gasteiger partial charge in [-0.1, -0.05) is 18.7 Å². The Morgan fingerprint density at radius 3 is 2.73 bits per heavy atom. The maximum atomic E-state index is 16.1. The van der Waals surface area contributed by atoms with Gasteiger partial charge < -0.3 is 19.7 Å². The molecule has 0 saturated carbocycles. The van der Waals surface area contributed by atoms with Crippen molar-refractivity contribution >= 4 is 45.0 Å². The van der Waals surface area contributed by atoms with Gasteiger partial charge in [0.25, 0.3) is 0 Å². The minimum Gasteiger partial charge on any atom is -0.365 e. The lowest BCUT2D eigenvalue weighted by atomic mass is 9.99. The molecule has 9 heteroatoms. The number of hydrogen-bond acceptors (Lipinski definition) is 6. The summed E-state index contributed by atoms with van der Waals surface area (Å²) in [5.41, 5.74) is 7.44. The Labute approximate surface area is 238 Å². The monoisotopic (exact) mass is 549 g/mol. The van der Waals surface area contributed by atoms with Gasteiger partial charge >= 0.3 is 0 Å². The number of nitrogens with zero attached hydrogens (tertiary/aromatic N) is 6. The van der Waals surface area contributed by atoms with Crippen molar-refractivity contribution in [2.24, 2.45) is 7.05 Å². The molecule has 6 rings (SSSR count). The third kappa shape index (κ3) is 4.99. The summed E-state index contributed by atoms with van der Waals surface area (Å²) in [4.78, 5) is 29.1. The molecule has 2 aromatic heterocycles. The van der Waals surface area contributed by atoms with Crippen LogP contribution >= 0.6 is 0 Å². The van der Waals surface area contributed by atoms with E-state index in [4.69, 9.17) is 0 Å². The van der Waals surface area contributed by atoms with Crippen LogP contribution in [0.2, 0.25) is 0 Å². The van der Waals surface area contributed by atoms with Crippen LogP contribution in [-0.2, 0) is 18.3 Å². The Morgan fingerprint density at radius 1 is 1.10 bits per heavy atom. The summed E-state index contributed by atoms with van der Waals surface area (Å²) in [7, 11) is 1.99. The third-order valence-electron chi connectivity index (χ3n) is 7.94.